The molecule has 130 valence electrons. The van der Waals surface area contributed by atoms with Crippen LogP contribution in [0.1, 0.15) is 36.3 Å². The number of benzene rings is 1. The van der Waals surface area contributed by atoms with Crippen molar-refractivity contribution in [3.63, 3.8) is 0 Å². The smallest absolute Gasteiger partial charge is 0.240 e. The molecule has 2 rings (SSSR count). The number of nitrogens with one attached hydrogen (secondary N) is 2. The SMILES string of the molecule is Cc1ccc(S(=O)(=O)NCCC(=O)N[C@H](C)c2ccco2)cc1C. The third-order valence-electron chi connectivity index (χ3n) is 3.78. The van der Waals surface area contributed by atoms with Gasteiger partial charge in [0.15, 0.2) is 0 Å². The third kappa shape index (κ3) is 4.69. The zero-order chi connectivity index (χ0) is 17.7. The van der Waals surface area contributed by atoms with Gasteiger partial charge in [0.2, 0.25) is 15.9 Å². The highest BCUT2D eigenvalue weighted by Crippen LogP contribution is 2.15. The fourth-order valence-electron chi connectivity index (χ4n) is 2.19. The average Bonchev–Trinajstić information content (AvgIpc) is 3.04. The van der Waals surface area contributed by atoms with Crippen molar-refractivity contribution < 1.29 is 17.6 Å². The van der Waals surface area contributed by atoms with Gasteiger partial charge in [-0.15, -0.1) is 0 Å². The number of amides is 1. The van der Waals surface area contributed by atoms with E-state index in [2.05, 4.69) is 10.0 Å². The zero-order valence-electron chi connectivity index (χ0n) is 14.0. The predicted molar refractivity (Wildman–Crippen MR) is 91.0 cm³/mol. The summed E-state index contributed by atoms with van der Waals surface area (Å²) in [5.74, 6) is 0.403. The topological polar surface area (TPSA) is 88.4 Å². The zero-order valence-corrected chi connectivity index (χ0v) is 14.8. The molecule has 0 fully saturated rings. The molecule has 1 aromatic carbocycles. The first-order valence-electron chi connectivity index (χ1n) is 7.69. The molecule has 0 bridgehead atoms. The Labute approximate surface area is 142 Å². The highest BCUT2D eigenvalue weighted by molar-refractivity contribution is 7.89. The van der Waals surface area contributed by atoms with Crippen molar-refractivity contribution in [1.82, 2.24) is 10.0 Å². The van der Waals surface area contributed by atoms with Crippen molar-refractivity contribution in [2.75, 3.05) is 6.54 Å². The van der Waals surface area contributed by atoms with E-state index in [9.17, 15) is 13.2 Å². The summed E-state index contributed by atoms with van der Waals surface area (Å²) in [5.41, 5.74) is 1.93. The standard InChI is InChI=1S/C17H22N2O4S/c1-12-6-7-15(11-13(12)2)24(21,22)18-9-8-17(20)19-14(3)16-5-4-10-23-16/h4-7,10-11,14,18H,8-9H2,1-3H3,(H,19,20)/t14-/m1/s1. The van der Waals surface area contributed by atoms with Crippen molar-refractivity contribution in [3.8, 4) is 0 Å². The van der Waals surface area contributed by atoms with Crippen molar-refractivity contribution in [3.05, 3.63) is 53.5 Å². The van der Waals surface area contributed by atoms with Gasteiger partial charge in [-0.25, -0.2) is 13.1 Å². The molecule has 7 heteroatoms. The number of carbonyl (C=O) groups is 1. The van der Waals surface area contributed by atoms with Gasteiger partial charge in [0, 0.05) is 13.0 Å². The number of hydrogen-bond acceptors (Lipinski definition) is 4. The summed E-state index contributed by atoms with van der Waals surface area (Å²) in [6, 6.07) is 8.20. The molecule has 0 aliphatic rings. The van der Waals surface area contributed by atoms with Crippen LogP contribution in [-0.2, 0) is 14.8 Å². The number of aryl methyl sites for hydroxylation is 2. The normalized spacial score (nSPS) is 12.8. The Kier molecular flexibility index (Phi) is 5.80. The summed E-state index contributed by atoms with van der Waals surface area (Å²) < 4.78 is 32.1. The molecular formula is C17H22N2O4S. The second-order valence-corrected chi connectivity index (χ2v) is 7.47. The lowest BCUT2D eigenvalue weighted by molar-refractivity contribution is -0.121. The minimum absolute atomic E-state index is 0.0337. The molecule has 0 aliphatic heterocycles. The molecule has 0 aliphatic carbocycles. The van der Waals surface area contributed by atoms with E-state index in [4.69, 9.17) is 4.42 Å². The molecule has 0 saturated carbocycles. The van der Waals surface area contributed by atoms with Crippen LogP contribution >= 0.6 is 0 Å². The number of hydrogen-bond donors (Lipinski definition) is 2. The first-order valence-corrected chi connectivity index (χ1v) is 9.17. The van der Waals surface area contributed by atoms with Crippen molar-refractivity contribution >= 4 is 15.9 Å². The molecule has 2 N–H and O–H groups in total. The van der Waals surface area contributed by atoms with Crippen molar-refractivity contribution in [2.24, 2.45) is 0 Å². The quantitative estimate of drug-likeness (QED) is 0.803. The molecule has 0 unspecified atom stereocenters. The van der Waals surface area contributed by atoms with Crippen molar-refractivity contribution in [2.45, 2.75) is 38.1 Å². The van der Waals surface area contributed by atoms with Gasteiger partial charge >= 0.3 is 0 Å². The van der Waals surface area contributed by atoms with E-state index in [-0.39, 0.29) is 29.8 Å². The summed E-state index contributed by atoms with van der Waals surface area (Å²) in [5, 5.41) is 2.76. The van der Waals surface area contributed by atoms with E-state index < -0.39 is 10.0 Å². The Morgan fingerprint density at radius 2 is 1.96 bits per heavy atom. The van der Waals surface area contributed by atoms with E-state index in [1.54, 1.807) is 37.3 Å². The highest BCUT2D eigenvalue weighted by Gasteiger charge is 2.16. The van der Waals surface area contributed by atoms with Gasteiger partial charge in [-0.2, -0.15) is 0 Å². The van der Waals surface area contributed by atoms with Gasteiger partial charge in [-0.3, -0.25) is 4.79 Å². The summed E-state index contributed by atoms with van der Waals surface area (Å²) >= 11 is 0. The molecular weight excluding hydrogens is 328 g/mol. The Bertz CT molecular complexity index is 798. The Balaban J connectivity index is 1.86. The molecule has 0 radical (unpaired) electrons. The molecule has 1 atom stereocenters. The fourth-order valence-corrected chi connectivity index (χ4v) is 3.30. The van der Waals surface area contributed by atoms with Crippen LogP contribution in [0.25, 0.3) is 0 Å². The van der Waals surface area contributed by atoms with E-state index in [1.165, 1.54) is 6.26 Å². The molecule has 24 heavy (non-hydrogen) atoms. The lowest BCUT2D eigenvalue weighted by atomic mass is 10.1. The summed E-state index contributed by atoms with van der Waals surface area (Å²) in [7, 11) is -3.62. The minimum Gasteiger partial charge on any atom is -0.467 e. The van der Waals surface area contributed by atoms with Gasteiger partial charge < -0.3 is 9.73 Å². The molecule has 0 spiro atoms. The molecule has 1 amide bonds. The van der Waals surface area contributed by atoms with Crippen LogP contribution in [0.4, 0.5) is 0 Å². The highest BCUT2D eigenvalue weighted by atomic mass is 32.2. The lowest BCUT2D eigenvalue weighted by Crippen LogP contribution is -2.32. The van der Waals surface area contributed by atoms with Crippen LogP contribution in [0.2, 0.25) is 0 Å². The van der Waals surface area contributed by atoms with Gasteiger partial charge in [-0.1, -0.05) is 6.07 Å². The van der Waals surface area contributed by atoms with Gasteiger partial charge in [0.1, 0.15) is 5.76 Å². The van der Waals surface area contributed by atoms with Crippen LogP contribution in [0, 0.1) is 13.8 Å². The number of carbonyl (C=O) groups excluding carboxylic acids is 1. The second-order valence-electron chi connectivity index (χ2n) is 5.70. The second kappa shape index (κ2) is 7.63. The number of furan rings is 1. The average molecular weight is 350 g/mol. The fraction of sp³-hybridized carbons (Fsp3) is 0.353. The van der Waals surface area contributed by atoms with E-state index in [1.807, 2.05) is 13.8 Å². The summed E-state index contributed by atoms with van der Waals surface area (Å²) in [6.07, 6.45) is 1.59. The maximum atomic E-state index is 12.2. The lowest BCUT2D eigenvalue weighted by Gasteiger charge is -2.12. The molecule has 1 aromatic heterocycles. The van der Waals surface area contributed by atoms with Crippen LogP contribution in [0.5, 0.6) is 0 Å². The molecule has 6 nitrogen and oxygen atoms in total. The largest absolute Gasteiger partial charge is 0.467 e. The van der Waals surface area contributed by atoms with E-state index in [0.717, 1.165) is 11.1 Å². The molecule has 1 heterocycles. The van der Waals surface area contributed by atoms with Gasteiger partial charge in [0.05, 0.1) is 17.2 Å². The summed E-state index contributed by atoms with van der Waals surface area (Å²) in [4.78, 5) is 12.1. The van der Waals surface area contributed by atoms with E-state index in [0.29, 0.717) is 5.76 Å². The Morgan fingerprint density at radius 3 is 2.58 bits per heavy atom. The Morgan fingerprint density at radius 1 is 1.21 bits per heavy atom. The monoisotopic (exact) mass is 350 g/mol. The maximum Gasteiger partial charge on any atom is 0.240 e. The summed E-state index contributed by atoms with van der Waals surface area (Å²) in [6.45, 7) is 5.61. The first kappa shape index (κ1) is 18.2. The van der Waals surface area contributed by atoms with Crippen LogP contribution < -0.4 is 10.0 Å². The first-order chi connectivity index (χ1) is 11.3. The molecule has 0 saturated heterocycles. The number of sulfonamides is 1. The van der Waals surface area contributed by atoms with Gasteiger partial charge in [0.25, 0.3) is 0 Å². The molecule has 2 aromatic rings. The van der Waals surface area contributed by atoms with Crippen LogP contribution in [0.3, 0.4) is 0 Å². The van der Waals surface area contributed by atoms with Crippen LogP contribution in [-0.4, -0.2) is 20.9 Å². The third-order valence-corrected chi connectivity index (χ3v) is 5.24. The number of rotatable bonds is 7. The van der Waals surface area contributed by atoms with E-state index >= 15 is 0 Å². The maximum absolute atomic E-state index is 12.2. The predicted octanol–water partition coefficient (Wildman–Crippen LogP) is 2.44. The van der Waals surface area contributed by atoms with Gasteiger partial charge in [-0.05, 0) is 56.2 Å². The van der Waals surface area contributed by atoms with Crippen LogP contribution in [0.15, 0.2) is 45.9 Å². The van der Waals surface area contributed by atoms with Crippen molar-refractivity contribution in [1.29, 1.82) is 0 Å². The minimum atomic E-state index is -3.62. The Hall–Kier alpha value is -2.12.